The first-order valence-corrected chi connectivity index (χ1v) is 22.6. The summed E-state index contributed by atoms with van der Waals surface area (Å²) in [6.45, 7) is -1.75. The first kappa shape index (κ1) is 54.2. The first-order chi connectivity index (χ1) is 33.4. The van der Waals surface area contributed by atoms with Crippen molar-refractivity contribution in [3.63, 3.8) is 0 Å². The zero-order valence-corrected chi connectivity index (χ0v) is 39.0. The van der Waals surface area contributed by atoms with Gasteiger partial charge < -0.3 is 56.5 Å². The van der Waals surface area contributed by atoms with Crippen LogP contribution in [0.15, 0.2) is 45.2 Å². The standard InChI is InChI=1S/C22H21ClF5NO7.C22H23ClF5NO6/c1-32-19(31)18-17(13-8-12(22(26,27)28)2-3-14(13)36-18)29(16(30)10-23)11-21(24,25)15-9-20(4-5-33-15)34-6-7-35-20;1-31-19(30)18-17(14-10-13(22(26,27)28)2-3-15(14)35-18)29(6-5-23)12-21(24,25)16-11-20(4-7-32-16)33-8-9-34-20/h2-3,8,15H,4-7,9-11H2,1H3;2-3,10,16H,4-9,11-12H2,1H3. The lowest BCUT2D eigenvalue weighted by Crippen LogP contribution is -2.54. The highest BCUT2D eigenvalue weighted by atomic mass is 35.5. The molecule has 15 nitrogen and oxygen atoms in total. The first-order valence-electron chi connectivity index (χ1n) is 21.6. The average Bonchev–Trinajstić information content (AvgIpc) is 4.15. The van der Waals surface area contributed by atoms with E-state index in [1.165, 1.54) is 0 Å². The van der Waals surface area contributed by atoms with Crippen LogP contribution in [-0.4, -0.2) is 139 Å². The van der Waals surface area contributed by atoms with Crippen LogP contribution in [0.25, 0.3) is 21.9 Å². The Kier molecular flexibility index (Phi) is 16.1. The van der Waals surface area contributed by atoms with E-state index in [1.807, 2.05) is 0 Å². The number of methoxy groups -OCH3 is 2. The van der Waals surface area contributed by atoms with Crippen molar-refractivity contribution < 1.29 is 105 Å². The van der Waals surface area contributed by atoms with Gasteiger partial charge in [0, 0.05) is 48.9 Å². The quantitative estimate of drug-likeness (QED) is 0.0709. The number of rotatable bonds is 13. The number of anilines is 2. The normalized spacial score (nSPS) is 20.3. The largest absolute Gasteiger partial charge is 0.463 e. The molecule has 4 fully saturated rings. The zero-order chi connectivity index (χ0) is 51.7. The van der Waals surface area contributed by atoms with Gasteiger partial charge in [0.1, 0.15) is 34.9 Å². The number of carbonyl (C=O) groups excluding carboxylic acids is 3. The van der Waals surface area contributed by atoms with E-state index in [4.69, 9.17) is 60.5 Å². The van der Waals surface area contributed by atoms with Crippen LogP contribution >= 0.6 is 23.2 Å². The van der Waals surface area contributed by atoms with E-state index in [-0.39, 0.29) is 93.6 Å². The summed E-state index contributed by atoms with van der Waals surface area (Å²) in [6, 6.07) is 4.74. The molecule has 2 spiro atoms. The maximum absolute atomic E-state index is 15.6. The Morgan fingerprint density at radius 2 is 1.06 bits per heavy atom. The van der Waals surface area contributed by atoms with E-state index in [1.54, 1.807) is 0 Å². The summed E-state index contributed by atoms with van der Waals surface area (Å²) in [4.78, 5) is 39.0. The molecular weight excluding hydrogens is 1030 g/mol. The van der Waals surface area contributed by atoms with Gasteiger partial charge in [-0.25, -0.2) is 27.2 Å². The molecule has 2 unspecified atom stereocenters. The Balaban J connectivity index is 0.000000209. The van der Waals surface area contributed by atoms with E-state index in [2.05, 4.69) is 9.47 Å². The van der Waals surface area contributed by atoms with Gasteiger partial charge in [-0.05, 0) is 36.4 Å². The van der Waals surface area contributed by atoms with Gasteiger partial charge in [-0.2, -0.15) is 26.3 Å². The van der Waals surface area contributed by atoms with Gasteiger partial charge in [0.05, 0.1) is 83.8 Å². The van der Waals surface area contributed by atoms with E-state index < -0.39 is 119 Å². The van der Waals surface area contributed by atoms with Gasteiger partial charge in [-0.3, -0.25) is 4.79 Å². The molecule has 0 aliphatic carbocycles. The second-order valence-electron chi connectivity index (χ2n) is 16.5. The monoisotopic (exact) mass is 1070 g/mol. The molecule has 4 aliphatic rings. The van der Waals surface area contributed by atoms with E-state index in [0.29, 0.717) is 23.5 Å². The Hall–Kier alpha value is -4.63. The van der Waals surface area contributed by atoms with Crippen LogP contribution in [0, 0.1) is 0 Å². The molecule has 27 heteroatoms. The number of nitrogens with zero attached hydrogens (tertiary/aromatic N) is 2. The fourth-order valence-electron chi connectivity index (χ4n) is 8.63. The van der Waals surface area contributed by atoms with Gasteiger partial charge in [0.25, 0.3) is 11.8 Å². The van der Waals surface area contributed by atoms with Crippen LogP contribution in [-0.2, 0) is 55.0 Å². The molecular formula is C44H44Cl2F10N2O13. The third kappa shape index (κ3) is 11.6. The summed E-state index contributed by atoms with van der Waals surface area (Å²) < 4.78 is 195. The number of benzene rings is 2. The molecule has 2 aromatic heterocycles. The van der Waals surface area contributed by atoms with Crippen LogP contribution in [0.5, 0.6) is 0 Å². The van der Waals surface area contributed by atoms with Crippen LogP contribution in [0.2, 0.25) is 0 Å². The number of fused-ring (bicyclic) bond motifs is 2. The van der Waals surface area contributed by atoms with Crippen LogP contribution < -0.4 is 9.80 Å². The van der Waals surface area contributed by atoms with Crippen molar-refractivity contribution in [3.05, 3.63) is 59.0 Å². The Bertz CT molecular complexity index is 2560. The number of carbonyl (C=O) groups is 3. The number of hydrogen-bond acceptors (Lipinski definition) is 14. The van der Waals surface area contributed by atoms with Gasteiger partial charge >= 0.3 is 24.3 Å². The molecule has 6 heterocycles. The lowest BCUT2D eigenvalue weighted by atomic mass is 9.97. The van der Waals surface area contributed by atoms with Crippen molar-refractivity contribution >= 4 is 74.4 Å². The van der Waals surface area contributed by atoms with E-state index in [9.17, 15) is 40.7 Å². The van der Waals surface area contributed by atoms with Crippen LogP contribution in [0.3, 0.4) is 0 Å². The third-order valence-electron chi connectivity index (χ3n) is 12.0. The van der Waals surface area contributed by atoms with Crippen molar-refractivity contribution in [2.75, 3.05) is 95.1 Å². The number of hydrogen-bond donors (Lipinski definition) is 0. The number of alkyl halides is 12. The highest BCUT2D eigenvalue weighted by molar-refractivity contribution is 6.30. The predicted octanol–water partition coefficient (Wildman–Crippen LogP) is 9.21. The van der Waals surface area contributed by atoms with Crippen molar-refractivity contribution in [2.45, 2.75) is 73.7 Å². The highest BCUT2D eigenvalue weighted by Crippen LogP contribution is 2.45. The second kappa shape index (κ2) is 21.1. The summed E-state index contributed by atoms with van der Waals surface area (Å²) in [5.41, 5.74) is -3.42. The lowest BCUT2D eigenvalue weighted by Gasteiger charge is -2.40. The summed E-state index contributed by atoms with van der Waals surface area (Å²) in [5, 5.41) is -0.576. The van der Waals surface area contributed by atoms with Gasteiger partial charge in [-0.15, -0.1) is 23.2 Å². The molecule has 4 aromatic rings. The number of furan rings is 2. The smallest absolute Gasteiger partial charge is 0.416 e. The molecule has 392 valence electrons. The Morgan fingerprint density at radius 1 is 0.634 bits per heavy atom. The summed E-state index contributed by atoms with van der Waals surface area (Å²) in [7, 11) is 2.00. The van der Waals surface area contributed by atoms with Crippen molar-refractivity contribution in [1.29, 1.82) is 0 Å². The summed E-state index contributed by atoms with van der Waals surface area (Å²) >= 11 is 11.5. The fraction of sp³-hybridized carbons (Fsp3) is 0.568. The average molecular weight is 1070 g/mol. The second-order valence-corrected chi connectivity index (χ2v) is 17.2. The topological polar surface area (TPSA) is 158 Å². The van der Waals surface area contributed by atoms with Gasteiger partial charge in [-0.1, -0.05) is 0 Å². The molecule has 4 saturated heterocycles. The van der Waals surface area contributed by atoms with Crippen molar-refractivity contribution in [1.82, 2.24) is 0 Å². The maximum Gasteiger partial charge on any atom is 0.416 e. The molecule has 0 saturated carbocycles. The minimum atomic E-state index is -4.80. The maximum atomic E-state index is 15.6. The van der Waals surface area contributed by atoms with Gasteiger partial charge in [0.15, 0.2) is 11.6 Å². The Labute approximate surface area is 406 Å². The molecule has 2 aromatic carbocycles. The van der Waals surface area contributed by atoms with Crippen molar-refractivity contribution in [2.24, 2.45) is 0 Å². The number of amides is 1. The molecule has 2 atom stereocenters. The molecule has 0 N–H and O–H groups in total. The highest BCUT2D eigenvalue weighted by Gasteiger charge is 2.54. The summed E-state index contributed by atoms with van der Waals surface area (Å²) in [6.07, 6.45) is -12.9. The van der Waals surface area contributed by atoms with E-state index >= 15 is 17.6 Å². The SMILES string of the molecule is COC(=O)c1oc2ccc(C(F)(F)F)cc2c1N(CC(F)(F)C1CC2(CCO1)OCCO2)C(=O)CCl.COC(=O)c1oc2ccc(C(F)(F)F)cc2c1N(CCCl)CC(F)(F)C1CC2(CCO1)OCCO2. The minimum absolute atomic E-state index is 0.0211. The molecule has 8 rings (SSSR count). The molecule has 1 amide bonds. The van der Waals surface area contributed by atoms with Gasteiger partial charge in [0.2, 0.25) is 17.4 Å². The third-order valence-corrected chi connectivity index (χ3v) is 12.4. The van der Waals surface area contributed by atoms with E-state index in [0.717, 1.165) is 43.4 Å². The lowest BCUT2D eigenvalue weighted by molar-refractivity contribution is -0.255. The van der Waals surface area contributed by atoms with Crippen molar-refractivity contribution in [3.8, 4) is 0 Å². The predicted molar refractivity (Wildman–Crippen MR) is 228 cm³/mol. The van der Waals surface area contributed by atoms with Crippen LogP contribution in [0.1, 0.15) is 57.9 Å². The number of halogens is 12. The molecule has 4 aliphatic heterocycles. The molecule has 0 radical (unpaired) electrons. The zero-order valence-electron chi connectivity index (χ0n) is 37.5. The number of esters is 2. The fourth-order valence-corrected chi connectivity index (χ4v) is 8.98. The summed E-state index contributed by atoms with van der Waals surface area (Å²) in [5.74, 6) is -15.2. The molecule has 0 bridgehead atoms. The number of ether oxygens (including phenoxy) is 8. The minimum Gasteiger partial charge on any atom is -0.463 e. The Morgan fingerprint density at radius 3 is 1.46 bits per heavy atom. The molecule has 71 heavy (non-hydrogen) atoms. The van der Waals surface area contributed by atoms with Crippen LogP contribution in [0.4, 0.5) is 55.3 Å².